The number of ether oxygens (including phenoxy) is 4. The largest absolute Gasteiger partial charge is 0.347 e. The summed E-state index contributed by atoms with van der Waals surface area (Å²) < 4.78 is 82.7. The third-order valence-corrected chi connectivity index (χ3v) is 8.13. The van der Waals surface area contributed by atoms with Gasteiger partial charge in [-0.1, -0.05) is 35.4 Å². The van der Waals surface area contributed by atoms with E-state index in [2.05, 4.69) is 0 Å². The van der Waals surface area contributed by atoms with Gasteiger partial charge in [0.25, 0.3) is 20.2 Å². The average molecular weight is 515 g/mol. The van der Waals surface area contributed by atoms with Gasteiger partial charge < -0.3 is 18.9 Å². The molecule has 0 saturated carbocycles. The number of rotatable bonds is 8. The van der Waals surface area contributed by atoms with E-state index >= 15 is 0 Å². The summed E-state index contributed by atoms with van der Waals surface area (Å²) in [6.45, 7) is 2.73. The molecule has 4 atom stereocenters. The Hall–Kier alpha value is -1.90. The lowest BCUT2D eigenvalue weighted by Crippen LogP contribution is -2.59. The molecule has 0 N–H and O–H groups in total. The highest BCUT2D eigenvalue weighted by Crippen LogP contribution is 2.28. The van der Waals surface area contributed by atoms with E-state index in [0.29, 0.717) is 0 Å². The predicted octanol–water partition coefficient (Wildman–Crippen LogP) is 1.90. The van der Waals surface area contributed by atoms with Crippen LogP contribution in [0.3, 0.4) is 0 Å². The fraction of sp³-hybridized carbons (Fsp3) is 0.455. The Morgan fingerprint density at radius 2 is 1.00 bits per heavy atom. The number of fused-ring (bicyclic) bond motifs is 1. The second kappa shape index (κ2) is 10.4. The lowest BCUT2D eigenvalue weighted by molar-refractivity contribution is -0.327. The second-order valence-corrected chi connectivity index (χ2v) is 11.2. The zero-order valence-electron chi connectivity index (χ0n) is 18.7. The molecule has 2 aliphatic heterocycles. The minimum atomic E-state index is -4.00. The Bertz CT molecular complexity index is 1080. The van der Waals surface area contributed by atoms with Crippen LogP contribution in [0.25, 0.3) is 0 Å². The molecule has 10 nitrogen and oxygen atoms in total. The van der Waals surface area contributed by atoms with Crippen molar-refractivity contribution >= 4 is 20.2 Å². The fourth-order valence-corrected chi connectivity index (χ4v) is 5.41. The average Bonchev–Trinajstić information content (AvgIpc) is 2.82. The molecule has 0 spiro atoms. The summed E-state index contributed by atoms with van der Waals surface area (Å²) >= 11 is 0. The third kappa shape index (κ3) is 5.83. The smallest absolute Gasteiger partial charge is 0.297 e. The van der Waals surface area contributed by atoms with E-state index in [0.717, 1.165) is 11.1 Å². The van der Waals surface area contributed by atoms with Crippen LogP contribution in [0.15, 0.2) is 58.3 Å². The molecule has 2 aliphatic rings. The van der Waals surface area contributed by atoms with Crippen LogP contribution < -0.4 is 0 Å². The maximum absolute atomic E-state index is 12.5. The molecule has 0 aromatic heterocycles. The topological polar surface area (TPSA) is 124 Å². The van der Waals surface area contributed by atoms with Crippen LogP contribution >= 0.6 is 0 Å². The van der Waals surface area contributed by atoms with Crippen LogP contribution in [-0.2, 0) is 47.5 Å². The molecular formula is C22H26O10S2. The first kappa shape index (κ1) is 25.2. The summed E-state index contributed by atoms with van der Waals surface area (Å²) in [5, 5.41) is 0. The first-order chi connectivity index (χ1) is 16.2. The van der Waals surface area contributed by atoms with Crippen LogP contribution in [0.2, 0.25) is 0 Å². The maximum Gasteiger partial charge on any atom is 0.297 e. The summed E-state index contributed by atoms with van der Waals surface area (Å²) in [6.07, 6.45) is -3.05. The van der Waals surface area contributed by atoms with Gasteiger partial charge in [-0.25, -0.2) is 0 Å². The highest BCUT2D eigenvalue weighted by molar-refractivity contribution is 7.87. The monoisotopic (exact) mass is 514 g/mol. The van der Waals surface area contributed by atoms with Gasteiger partial charge >= 0.3 is 0 Å². The molecule has 2 aromatic rings. The molecule has 12 heteroatoms. The Morgan fingerprint density at radius 1 is 0.647 bits per heavy atom. The molecule has 2 saturated heterocycles. The Labute approximate surface area is 198 Å². The summed E-state index contributed by atoms with van der Waals surface area (Å²) in [5.41, 5.74) is 1.84. The Balaban J connectivity index is 1.38. The summed E-state index contributed by atoms with van der Waals surface area (Å²) in [5.74, 6) is 0. The molecule has 0 amide bonds. The van der Waals surface area contributed by atoms with Crippen molar-refractivity contribution in [3.8, 4) is 0 Å². The van der Waals surface area contributed by atoms with Gasteiger partial charge in [-0.3, -0.25) is 8.37 Å². The van der Waals surface area contributed by atoms with E-state index in [-0.39, 0.29) is 36.6 Å². The summed E-state index contributed by atoms with van der Waals surface area (Å²) in [6, 6.07) is 12.6. The van der Waals surface area contributed by atoms with Crippen LogP contribution in [0.4, 0.5) is 0 Å². The third-order valence-electron chi connectivity index (χ3n) is 5.54. The first-order valence-electron chi connectivity index (χ1n) is 10.5. The van der Waals surface area contributed by atoms with Crippen LogP contribution in [0, 0.1) is 13.8 Å². The summed E-state index contributed by atoms with van der Waals surface area (Å²) in [4.78, 5) is 0.0596. The molecular weight excluding hydrogens is 488 g/mol. The molecule has 186 valence electrons. The SMILES string of the molecule is Cc1ccc(S(=O)(=O)OCC2OCOC3C(COS(=O)(=O)c4ccc(C)cc4)OCOC23)cc1. The molecule has 2 heterocycles. The minimum absolute atomic E-state index is 0.0298. The van der Waals surface area contributed by atoms with Crippen molar-refractivity contribution in [1.29, 1.82) is 0 Å². The molecule has 4 rings (SSSR count). The van der Waals surface area contributed by atoms with Crippen LogP contribution in [0.1, 0.15) is 11.1 Å². The fourth-order valence-electron chi connectivity index (χ4n) is 3.57. The van der Waals surface area contributed by atoms with E-state index in [4.69, 9.17) is 27.3 Å². The van der Waals surface area contributed by atoms with E-state index < -0.39 is 44.7 Å². The zero-order valence-corrected chi connectivity index (χ0v) is 20.3. The van der Waals surface area contributed by atoms with Gasteiger partial charge in [0.2, 0.25) is 0 Å². The van der Waals surface area contributed by atoms with Gasteiger partial charge in [0, 0.05) is 0 Å². The predicted molar refractivity (Wildman–Crippen MR) is 118 cm³/mol. The first-order valence-corrected chi connectivity index (χ1v) is 13.4. The number of hydrogen-bond acceptors (Lipinski definition) is 10. The van der Waals surface area contributed by atoms with Crippen molar-refractivity contribution in [3.63, 3.8) is 0 Å². The summed E-state index contributed by atoms with van der Waals surface area (Å²) in [7, 11) is -8.01. The highest BCUT2D eigenvalue weighted by Gasteiger charge is 2.45. The van der Waals surface area contributed by atoms with Crippen molar-refractivity contribution in [2.45, 2.75) is 48.1 Å². The zero-order chi connectivity index (χ0) is 24.3. The van der Waals surface area contributed by atoms with E-state index in [1.54, 1.807) is 24.3 Å². The van der Waals surface area contributed by atoms with Crippen LogP contribution in [0.5, 0.6) is 0 Å². The highest BCUT2D eigenvalue weighted by atomic mass is 32.2. The minimum Gasteiger partial charge on any atom is -0.347 e. The van der Waals surface area contributed by atoms with E-state index in [9.17, 15) is 16.8 Å². The van der Waals surface area contributed by atoms with Crippen molar-refractivity contribution in [1.82, 2.24) is 0 Å². The molecule has 4 unspecified atom stereocenters. The Kier molecular flexibility index (Phi) is 7.69. The molecule has 0 bridgehead atoms. The van der Waals surface area contributed by atoms with Crippen molar-refractivity contribution in [2.24, 2.45) is 0 Å². The van der Waals surface area contributed by atoms with E-state index in [1.807, 2.05) is 13.8 Å². The number of benzene rings is 2. The van der Waals surface area contributed by atoms with Gasteiger partial charge in [-0.05, 0) is 38.1 Å². The lowest BCUT2D eigenvalue weighted by Gasteiger charge is -2.43. The second-order valence-electron chi connectivity index (χ2n) is 8.01. The lowest BCUT2D eigenvalue weighted by atomic mass is 10.0. The van der Waals surface area contributed by atoms with Gasteiger partial charge in [-0.2, -0.15) is 16.8 Å². The van der Waals surface area contributed by atoms with Crippen molar-refractivity contribution < 1.29 is 44.1 Å². The van der Waals surface area contributed by atoms with Crippen LogP contribution in [-0.4, -0.2) is 68.1 Å². The molecule has 0 radical (unpaired) electrons. The molecule has 34 heavy (non-hydrogen) atoms. The molecule has 0 aliphatic carbocycles. The maximum atomic E-state index is 12.5. The van der Waals surface area contributed by atoms with E-state index in [1.165, 1.54) is 24.3 Å². The van der Waals surface area contributed by atoms with Crippen molar-refractivity contribution in [3.05, 3.63) is 59.7 Å². The van der Waals surface area contributed by atoms with Gasteiger partial charge in [0.1, 0.15) is 38.0 Å². The Morgan fingerprint density at radius 3 is 1.35 bits per heavy atom. The van der Waals surface area contributed by atoms with Gasteiger partial charge in [-0.15, -0.1) is 0 Å². The van der Waals surface area contributed by atoms with Gasteiger partial charge in [0.05, 0.1) is 23.0 Å². The van der Waals surface area contributed by atoms with Crippen molar-refractivity contribution in [2.75, 3.05) is 26.8 Å². The number of hydrogen-bond donors (Lipinski definition) is 0. The molecule has 2 fully saturated rings. The normalized spacial score (nSPS) is 25.6. The quantitative estimate of drug-likeness (QED) is 0.483. The molecule has 2 aromatic carbocycles. The van der Waals surface area contributed by atoms with Gasteiger partial charge in [0.15, 0.2) is 0 Å². The number of aryl methyl sites for hydroxylation is 2. The standard InChI is InChI=1S/C22H26O10S2/c1-15-3-7-17(8-4-15)33(23,24)31-11-19-21-22(30-13-27-19)20(28-14-29-21)12-32-34(25,26)18-9-5-16(2)6-10-18/h3-10,19-22H,11-14H2,1-2H3.